The molecule has 0 radical (unpaired) electrons. The number of hydrogen-bond donors (Lipinski definition) is 1. The van der Waals surface area contributed by atoms with E-state index in [-0.39, 0.29) is 10.8 Å². The van der Waals surface area contributed by atoms with Crippen molar-refractivity contribution in [1.82, 2.24) is 9.29 Å². The molecule has 1 aromatic heterocycles. The van der Waals surface area contributed by atoms with Gasteiger partial charge in [-0.1, -0.05) is 12.5 Å². The highest BCUT2D eigenvalue weighted by Gasteiger charge is 2.44. The van der Waals surface area contributed by atoms with E-state index in [1.807, 2.05) is 0 Å². The summed E-state index contributed by atoms with van der Waals surface area (Å²) < 4.78 is 27.6. The number of amides is 1. The number of aromatic nitrogens is 1. The second-order valence-electron chi connectivity index (χ2n) is 9.31. The predicted octanol–water partition coefficient (Wildman–Crippen LogP) is 3.89. The van der Waals surface area contributed by atoms with Crippen molar-refractivity contribution in [3.05, 3.63) is 48.2 Å². The topological polar surface area (TPSA) is 82.6 Å². The van der Waals surface area contributed by atoms with E-state index in [4.69, 9.17) is 0 Å². The Bertz CT molecular complexity index is 1100. The maximum Gasteiger partial charge on any atom is 0.259 e. The van der Waals surface area contributed by atoms with Gasteiger partial charge >= 0.3 is 0 Å². The Morgan fingerprint density at radius 1 is 0.938 bits per heavy atom. The van der Waals surface area contributed by atoms with Crippen molar-refractivity contribution in [1.29, 1.82) is 0 Å². The third-order valence-corrected chi connectivity index (χ3v) is 9.05. The number of anilines is 2. The molecule has 3 fully saturated rings. The van der Waals surface area contributed by atoms with Crippen molar-refractivity contribution in [2.45, 2.75) is 49.8 Å². The van der Waals surface area contributed by atoms with Crippen LogP contribution in [0.3, 0.4) is 0 Å². The van der Waals surface area contributed by atoms with Crippen LogP contribution < -0.4 is 10.2 Å². The standard InChI is InChI=1S/C24H30N4O3S/c29-23(21-8-5-13-25-22(21)27-16-11-24(9-10-24)12-17-27)26-19-6-4-7-20(18-19)32(30,31)28-14-2-1-3-15-28/h4-8,13,18H,1-3,9-12,14-17H2,(H,26,29). The molecule has 32 heavy (non-hydrogen) atoms. The highest BCUT2D eigenvalue weighted by atomic mass is 32.2. The number of carbonyl (C=O) groups is 1. The molecule has 1 saturated carbocycles. The summed E-state index contributed by atoms with van der Waals surface area (Å²) in [6, 6.07) is 10.1. The van der Waals surface area contributed by atoms with Crippen molar-refractivity contribution in [3.63, 3.8) is 0 Å². The SMILES string of the molecule is O=C(Nc1cccc(S(=O)(=O)N2CCCCC2)c1)c1cccnc1N1CCC2(CC1)CC2. The Kier molecular flexibility index (Phi) is 5.67. The Morgan fingerprint density at radius 3 is 2.41 bits per heavy atom. The minimum Gasteiger partial charge on any atom is -0.356 e. The van der Waals surface area contributed by atoms with Gasteiger partial charge in [0.05, 0.1) is 10.5 Å². The molecule has 1 spiro atoms. The van der Waals surface area contributed by atoms with Crippen molar-refractivity contribution in [2.75, 3.05) is 36.4 Å². The maximum absolute atomic E-state index is 13.1. The van der Waals surface area contributed by atoms with Crippen LogP contribution in [-0.4, -0.2) is 49.8 Å². The highest BCUT2D eigenvalue weighted by molar-refractivity contribution is 7.89. The Balaban J connectivity index is 1.33. The Labute approximate surface area is 189 Å². The van der Waals surface area contributed by atoms with Crippen LogP contribution in [0.2, 0.25) is 0 Å². The molecule has 3 heterocycles. The van der Waals surface area contributed by atoms with Crippen molar-refractivity contribution < 1.29 is 13.2 Å². The van der Waals surface area contributed by atoms with Crippen LogP contribution in [0, 0.1) is 5.41 Å². The molecule has 2 aliphatic heterocycles. The first kappa shape index (κ1) is 21.4. The van der Waals surface area contributed by atoms with E-state index in [1.54, 1.807) is 46.9 Å². The van der Waals surface area contributed by atoms with Crippen molar-refractivity contribution >= 4 is 27.4 Å². The van der Waals surface area contributed by atoms with Crippen LogP contribution in [0.25, 0.3) is 0 Å². The summed E-state index contributed by atoms with van der Waals surface area (Å²) in [7, 11) is -3.55. The van der Waals surface area contributed by atoms with E-state index in [9.17, 15) is 13.2 Å². The zero-order valence-corrected chi connectivity index (χ0v) is 19.1. The number of sulfonamides is 1. The van der Waals surface area contributed by atoms with Gasteiger partial charge in [-0.2, -0.15) is 4.31 Å². The molecule has 1 amide bonds. The minimum absolute atomic E-state index is 0.217. The lowest BCUT2D eigenvalue weighted by Gasteiger charge is -2.33. The quantitative estimate of drug-likeness (QED) is 0.741. The molecule has 0 unspecified atom stereocenters. The van der Waals surface area contributed by atoms with Gasteiger partial charge in [-0.05, 0) is 74.3 Å². The highest BCUT2D eigenvalue weighted by Crippen LogP contribution is 2.53. The first-order chi connectivity index (χ1) is 15.5. The fraction of sp³-hybridized carbons (Fsp3) is 0.500. The van der Waals surface area contributed by atoms with Gasteiger partial charge in [0.1, 0.15) is 5.82 Å². The molecule has 3 aliphatic rings. The second-order valence-corrected chi connectivity index (χ2v) is 11.2. The summed E-state index contributed by atoms with van der Waals surface area (Å²) in [6.45, 7) is 2.94. The number of nitrogens with one attached hydrogen (secondary N) is 1. The third kappa shape index (κ3) is 4.26. The first-order valence-electron chi connectivity index (χ1n) is 11.6. The lowest BCUT2D eigenvalue weighted by atomic mass is 9.93. The van der Waals surface area contributed by atoms with Gasteiger partial charge in [-0.3, -0.25) is 4.79 Å². The van der Waals surface area contributed by atoms with Gasteiger partial charge in [-0.25, -0.2) is 13.4 Å². The number of nitrogens with zero attached hydrogens (tertiary/aromatic N) is 3. The number of benzene rings is 1. The zero-order chi connectivity index (χ0) is 22.2. The average molecular weight is 455 g/mol. The monoisotopic (exact) mass is 454 g/mol. The fourth-order valence-electron chi connectivity index (χ4n) is 4.88. The summed E-state index contributed by atoms with van der Waals surface area (Å²) in [4.78, 5) is 20.1. The largest absolute Gasteiger partial charge is 0.356 e. The zero-order valence-electron chi connectivity index (χ0n) is 18.3. The number of rotatable bonds is 5. The summed E-state index contributed by atoms with van der Waals surface area (Å²) in [5, 5.41) is 2.89. The van der Waals surface area contributed by atoms with Gasteiger partial charge in [-0.15, -0.1) is 0 Å². The molecule has 8 heteroatoms. The van der Waals surface area contributed by atoms with Crippen LogP contribution in [-0.2, 0) is 10.0 Å². The lowest BCUT2D eigenvalue weighted by molar-refractivity contribution is 0.102. The van der Waals surface area contributed by atoms with Crippen molar-refractivity contribution in [3.8, 4) is 0 Å². The van der Waals surface area contributed by atoms with Gasteiger partial charge in [0.25, 0.3) is 5.91 Å². The van der Waals surface area contributed by atoms with E-state index in [2.05, 4.69) is 15.2 Å². The van der Waals surface area contributed by atoms with E-state index in [0.29, 0.717) is 35.6 Å². The van der Waals surface area contributed by atoms with Crippen LogP contribution >= 0.6 is 0 Å². The normalized spacial score (nSPS) is 20.8. The number of piperidine rings is 2. The van der Waals surface area contributed by atoms with Crippen LogP contribution in [0.5, 0.6) is 0 Å². The number of pyridine rings is 1. The fourth-order valence-corrected chi connectivity index (χ4v) is 6.45. The van der Waals surface area contributed by atoms with Crippen LogP contribution in [0.4, 0.5) is 11.5 Å². The predicted molar refractivity (Wildman–Crippen MR) is 124 cm³/mol. The summed E-state index contributed by atoms with van der Waals surface area (Å²) >= 11 is 0. The Morgan fingerprint density at radius 2 is 1.69 bits per heavy atom. The van der Waals surface area contributed by atoms with Gasteiger partial charge in [0, 0.05) is 38.1 Å². The van der Waals surface area contributed by atoms with Gasteiger partial charge < -0.3 is 10.2 Å². The maximum atomic E-state index is 13.1. The molecule has 0 atom stereocenters. The Hall–Kier alpha value is -2.45. The summed E-state index contributed by atoms with van der Waals surface area (Å²) in [5.74, 6) is 0.435. The van der Waals surface area contributed by atoms with E-state index >= 15 is 0 Å². The number of hydrogen-bond acceptors (Lipinski definition) is 5. The van der Waals surface area contributed by atoms with Crippen molar-refractivity contribution in [2.24, 2.45) is 5.41 Å². The summed E-state index contributed by atoms with van der Waals surface area (Å²) in [6.07, 6.45) is 9.52. The van der Waals surface area contributed by atoms with Crippen LogP contribution in [0.15, 0.2) is 47.5 Å². The molecule has 5 rings (SSSR count). The van der Waals surface area contributed by atoms with Gasteiger partial charge in [0.15, 0.2) is 0 Å². The molecule has 7 nitrogen and oxygen atoms in total. The molecular formula is C24H30N4O3S. The first-order valence-corrected chi connectivity index (χ1v) is 13.0. The molecular weight excluding hydrogens is 424 g/mol. The second kappa shape index (κ2) is 8.48. The summed E-state index contributed by atoms with van der Waals surface area (Å²) in [5.41, 5.74) is 1.54. The lowest BCUT2D eigenvalue weighted by Crippen LogP contribution is -2.36. The smallest absolute Gasteiger partial charge is 0.259 e. The molecule has 1 aliphatic carbocycles. The van der Waals surface area contributed by atoms with E-state index < -0.39 is 10.0 Å². The molecule has 170 valence electrons. The van der Waals surface area contributed by atoms with E-state index in [0.717, 1.165) is 45.2 Å². The van der Waals surface area contributed by atoms with Gasteiger partial charge in [0.2, 0.25) is 10.0 Å². The number of carbonyl (C=O) groups excluding carboxylic acids is 1. The minimum atomic E-state index is -3.55. The average Bonchev–Trinajstić information content (AvgIpc) is 3.59. The molecule has 2 saturated heterocycles. The third-order valence-electron chi connectivity index (χ3n) is 7.16. The molecule has 0 bridgehead atoms. The molecule has 1 aromatic carbocycles. The molecule has 2 aromatic rings. The van der Waals surface area contributed by atoms with Crippen LogP contribution in [0.1, 0.15) is 55.3 Å². The molecule has 1 N–H and O–H groups in total. The van der Waals surface area contributed by atoms with E-state index in [1.165, 1.54) is 12.8 Å².